The molecular formula is C19H60O26Si16. The molecule has 2 N–H and O–H groups in total. The molecule has 10 fully saturated rings. The van der Waals surface area contributed by atoms with Crippen LogP contribution < -0.4 is 0 Å². The summed E-state index contributed by atoms with van der Waals surface area (Å²) in [5, 5.41) is 0. The van der Waals surface area contributed by atoms with E-state index in [4.69, 9.17) is 99.7 Å². The summed E-state index contributed by atoms with van der Waals surface area (Å²) < 4.78 is 148. The SMILES string of the molecule is CO[SiH](C)O[Si]1(C)O[Si]2(C)O[Si](C)(OC)O[Si]3(C)O[Si](C)(OC)O[Si](C)(O1)O[Si](C)(O3)O2.C[Si]1(O)O[Si]2(C)O[Si]3(C)O[Si](C)(O)O[Si]4(C)O[Si](C)(O2)O[Si](C)(O1)O[Si](C)(O3)O4. The minimum absolute atomic E-state index is 1.43. The molecule has 0 amide bonds. The van der Waals surface area contributed by atoms with Crippen LogP contribution in [0.2, 0.25) is 105 Å². The monoisotopic (exact) mass is 1150 g/mol. The summed E-state index contributed by atoms with van der Waals surface area (Å²) in [5.41, 5.74) is 0. The fraction of sp³-hybridized carbons (Fsp3) is 1.00. The molecule has 26 nitrogen and oxygen atoms in total. The van der Waals surface area contributed by atoms with Crippen molar-refractivity contribution in [2.45, 2.75) is 105 Å². The second kappa shape index (κ2) is 16.5. The van der Waals surface area contributed by atoms with Crippen molar-refractivity contribution in [3.8, 4) is 0 Å². The average Bonchev–Trinajstić information content (AvgIpc) is 2.92. The van der Waals surface area contributed by atoms with Gasteiger partial charge in [0.05, 0.1) is 0 Å². The maximum Gasteiger partial charge on any atom is 0.482 e. The van der Waals surface area contributed by atoms with Crippen LogP contribution in [0.1, 0.15) is 0 Å². The molecular weight excluding hydrogens is 1090 g/mol. The summed E-state index contributed by atoms with van der Waals surface area (Å²) in [6.07, 6.45) is 0. The van der Waals surface area contributed by atoms with E-state index in [2.05, 4.69) is 0 Å². The first-order valence-corrected chi connectivity index (χ1v) is 54.5. The van der Waals surface area contributed by atoms with Crippen LogP contribution in [-0.4, -0.2) is 172 Å². The van der Waals surface area contributed by atoms with Crippen molar-refractivity contribution in [2.75, 3.05) is 21.3 Å². The van der Waals surface area contributed by atoms with Gasteiger partial charge in [-0.25, -0.2) is 0 Å². The van der Waals surface area contributed by atoms with E-state index in [1.807, 2.05) is 6.55 Å². The lowest BCUT2D eigenvalue weighted by atomic mass is 11.8. The highest BCUT2D eigenvalue weighted by Gasteiger charge is 2.76. The van der Waals surface area contributed by atoms with Gasteiger partial charge < -0.3 is 109 Å². The molecule has 9 atom stereocenters. The quantitative estimate of drug-likeness (QED) is 0.360. The van der Waals surface area contributed by atoms with Crippen molar-refractivity contribution in [2.24, 2.45) is 0 Å². The lowest BCUT2D eigenvalue weighted by Crippen LogP contribution is -2.82. The molecule has 10 saturated heterocycles. The minimum atomic E-state index is -3.81. The van der Waals surface area contributed by atoms with E-state index in [1.54, 1.807) is 92.2 Å². The third-order valence-corrected chi connectivity index (χ3v) is 73.5. The van der Waals surface area contributed by atoms with Gasteiger partial charge in [0.2, 0.25) is 0 Å². The summed E-state index contributed by atoms with van der Waals surface area (Å²) in [5.74, 6) is 0. The summed E-state index contributed by atoms with van der Waals surface area (Å²) in [4.78, 5) is 21.8. The van der Waals surface area contributed by atoms with Gasteiger partial charge in [-0.3, -0.25) is 0 Å². The first kappa shape index (κ1) is 52.8. The van der Waals surface area contributed by atoms with E-state index in [0.717, 1.165) is 0 Å². The molecule has 0 aliphatic carbocycles. The van der Waals surface area contributed by atoms with Gasteiger partial charge in [0, 0.05) is 120 Å². The third-order valence-electron chi connectivity index (χ3n) is 8.89. The van der Waals surface area contributed by atoms with Crippen LogP contribution in [0.5, 0.6) is 0 Å². The first-order valence-electron chi connectivity index (χ1n) is 19.0. The van der Waals surface area contributed by atoms with E-state index in [9.17, 15) is 9.59 Å². The van der Waals surface area contributed by atoms with Crippen molar-refractivity contribution in [3.63, 3.8) is 0 Å². The lowest BCUT2D eigenvalue weighted by Gasteiger charge is -2.56. The van der Waals surface area contributed by atoms with Gasteiger partial charge in [-0.15, -0.1) is 0 Å². The number of hydrogen-bond donors (Lipinski definition) is 2. The van der Waals surface area contributed by atoms with E-state index in [0.29, 0.717) is 0 Å². The highest BCUT2D eigenvalue weighted by atomic mass is 28.6. The van der Waals surface area contributed by atoms with Gasteiger partial charge in [-0.2, -0.15) is 0 Å². The molecule has 0 saturated carbocycles. The molecule has 61 heavy (non-hydrogen) atoms. The number of fused-ring (bicyclic) bond motifs is 7. The molecule has 10 heterocycles. The topological polar surface area (TPSA) is 262 Å². The molecule has 42 heteroatoms. The third kappa shape index (κ3) is 12.4. The van der Waals surface area contributed by atoms with E-state index >= 15 is 0 Å². The Hall–Kier alpha value is 2.43. The van der Waals surface area contributed by atoms with E-state index in [-0.39, 0.29) is 0 Å². The molecule has 0 aromatic rings. The summed E-state index contributed by atoms with van der Waals surface area (Å²) in [7, 11) is -51.4. The zero-order valence-electron chi connectivity index (χ0n) is 37.8. The van der Waals surface area contributed by atoms with Gasteiger partial charge in [0.1, 0.15) is 0 Å². The Morgan fingerprint density at radius 2 is 0.475 bits per heavy atom. The predicted octanol–water partition coefficient (Wildman–Crippen LogP) is 0.721. The minimum Gasteiger partial charge on any atom is -0.400 e. The van der Waals surface area contributed by atoms with Gasteiger partial charge in [0.25, 0.3) is 0 Å². The summed E-state index contributed by atoms with van der Waals surface area (Å²) in [6, 6.07) is 0. The highest BCUT2D eigenvalue weighted by molar-refractivity contribution is 7.00. The molecule has 0 radical (unpaired) electrons. The molecule has 356 valence electrons. The molecule has 0 aromatic carbocycles. The Kier molecular flexibility index (Phi) is 14.3. The Bertz CT molecular complexity index is 1580. The van der Waals surface area contributed by atoms with Gasteiger partial charge in [0.15, 0.2) is 0 Å². The van der Waals surface area contributed by atoms with Gasteiger partial charge in [-0.1, -0.05) is 0 Å². The van der Waals surface area contributed by atoms with Crippen LogP contribution in [-0.2, 0) is 99.7 Å². The van der Waals surface area contributed by atoms with Crippen LogP contribution >= 0.6 is 0 Å². The van der Waals surface area contributed by atoms with Crippen LogP contribution in [0.3, 0.4) is 0 Å². The van der Waals surface area contributed by atoms with Gasteiger partial charge >= 0.3 is 141 Å². The largest absolute Gasteiger partial charge is 0.482 e. The van der Waals surface area contributed by atoms with Gasteiger partial charge in [-0.05, 0) is 6.55 Å². The second-order valence-electron chi connectivity index (χ2n) is 16.4. The smallest absolute Gasteiger partial charge is 0.400 e. The van der Waals surface area contributed by atoms with Crippen molar-refractivity contribution >= 4 is 141 Å². The van der Waals surface area contributed by atoms with Crippen molar-refractivity contribution in [1.29, 1.82) is 0 Å². The van der Waals surface area contributed by atoms with Crippen LogP contribution in [0.4, 0.5) is 0 Å². The van der Waals surface area contributed by atoms with Crippen molar-refractivity contribution < 1.29 is 109 Å². The van der Waals surface area contributed by atoms with Crippen molar-refractivity contribution in [3.05, 3.63) is 0 Å². The normalized spacial score (nSPS) is 57.8. The molecule has 10 bridgehead atoms. The average molecular weight is 1150 g/mol. The highest BCUT2D eigenvalue weighted by Crippen LogP contribution is 2.45. The first-order chi connectivity index (χ1) is 27.2. The molecule has 0 aromatic heterocycles. The molecule has 0 spiro atoms. The fourth-order valence-corrected chi connectivity index (χ4v) is 86.5. The molecule has 10 rings (SSSR count). The Labute approximate surface area is 374 Å². The van der Waals surface area contributed by atoms with Crippen molar-refractivity contribution in [1.82, 2.24) is 0 Å². The summed E-state index contributed by atoms with van der Waals surface area (Å²) >= 11 is 0. The maximum absolute atomic E-state index is 10.9. The molecule has 10 aliphatic rings. The number of rotatable bonds is 5. The van der Waals surface area contributed by atoms with Crippen LogP contribution in [0, 0.1) is 0 Å². The summed E-state index contributed by atoms with van der Waals surface area (Å²) in [6.45, 7) is 26.5. The maximum atomic E-state index is 10.9. The fourth-order valence-electron chi connectivity index (χ4n) is 8.06. The standard InChI is InChI=1S/C11H34O13Si8.C8H26O13Si8/c1-12-25(4)15-28(7)20-30(9)18-26(5,13-2)16-29(8)17-27(6,14-3)19-31(10,21-28)24-32(11,22-29)23-30;1-22(9)11-24(3)15-25(4)12-23(2,10)14-27(6)19-29(8,17-25)20-26(5,13-22)18-28(7,16-24)21-27/h25H,1-11H3;9-10H,1-8H3. The van der Waals surface area contributed by atoms with Crippen LogP contribution in [0.15, 0.2) is 0 Å². The lowest BCUT2D eigenvalue weighted by molar-refractivity contribution is 0.00151. The van der Waals surface area contributed by atoms with Crippen LogP contribution in [0.25, 0.3) is 0 Å². The predicted molar refractivity (Wildman–Crippen MR) is 236 cm³/mol. The van der Waals surface area contributed by atoms with E-state index in [1.165, 1.54) is 27.3 Å². The molecule has 9 unspecified atom stereocenters. The zero-order valence-corrected chi connectivity index (χ0v) is 53.9. The Morgan fingerprint density at radius 3 is 0.672 bits per heavy atom. The number of hydrogen-bond acceptors (Lipinski definition) is 26. The Balaban J connectivity index is 0.000000205. The zero-order chi connectivity index (χ0) is 46.0. The van der Waals surface area contributed by atoms with E-state index < -0.39 is 141 Å². The Morgan fingerprint density at radius 1 is 0.295 bits per heavy atom. The second-order valence-corrected chi connectivity index (χ2v) is 62.1. The molecule has 10 aliphatic heterocycles.